The SMILES string of the molecule is O=C(/C=C/c1ccc(-c2ccccc2F)s1)c1cncs1. The van der Waals surface area contributed by atoms with Crippen LogP contribution in [0.2, 0.25) is 0 Å². The molecule has 2 aromatic heterocycles. The number of benzene rings is 1. The van der Waals surface area contributed by atoms with Crippen LogP contribution in [0, 0.1) is 5.82 Å². The molecule has 0 spiro atoms. The van der Waals surface area contributed by atoms with Crippen molar-refractivity contribution in [1.29, 1.82) is 0 Å². The zero-order chi connectivity index (χ0) is 14.7. The zero-order valence-corrected chi connectivity index (χ0v) is 12.5. The third-order valence-electron chi connectivity index (χ3n) is 2.84. The summed E-state index contributed by atoms with van der Waals surface area (Å²) in [6.07, 6.45) is 4.82. The van der Waals surface area contributed by atoms with Gasteiger partial charge in [-0.05, 0) is 30.4 Å². The molecular weight excluding hydrogens is 305 g/mol. The number of hydrogen-bond donors (Lipinski definition) is 0. The Kier molecular flexibility index (Phi) is 4.03. The second kappa shape index (κ2) is 6.11. The van der Waals surface area contributed by atoms with Gasteiger partial charge in [-0.15, -0.1) is 22.7 Å². The van der Waals surface area contributed by atoms with Gasteiger partial charge in [-0.25, -0.2) is 4.39 Å². The molecule has 0 aliphatic heterocycles. The van der Waals surface area contributed by atoms with Crippen molar-refractivity contribution in [3.8, 4) is 10.4 Å². The van der Waals surface area contributed by atoms with E-state index < -0.39 is 0 Å². The molecule has 1 aromatic carbocycles. The second-order valence-corrected chi connectivity index (χ2v) is 6.25. The van der Waals surface area contributed by atoms with Crippen molar-refractivity contribution in [3.63, 3.8) is 0 Å². The number of halogens is 1. The first-order chi connectivity index (χ1) is 10.2. The lowest BCUT2D eigenvalue weighted by molar-refractivity contribution is 0.105. The van der Waals surface area contributed by atoms with Crippen LogP contribution in [0.25, 0.3) is 16.5 Å². The molecular formula is C16H10FNOS2. The first kappa shape index (κ1) is 13.9. The highest BCUT2D eigenvalue weighted by atomic mass is 32.1. The van der Waals surface area contributed by atoms with E-state index in [0.29, 0.717) is 10.4 Å². The molecule has 21 heavy (non-hydrogen) atoms. The van der Waals surface area contributed by atoms with Gasteiger partial charge in [0.1, 0.15) is 5.82 Å². The van der Waals surface area contributed by atoms with Gasteiger partial charge in [-0.2, -0.15) is 0 Å². The molecule has 0 bridgehead atoms. The average Bonchev–Trinajstić information content (AvgIpc) is 3.17. The summed E-state index contributed by atoms with van der Waals surface area (Å²) in [4.78, 5) is 18.1. The predicted molar refractivity (Wildman–Crippen MR) is 85.2 cm³/mol. The minimum Gasteiger partial charge on any atom is -0.288 e. The van der Waals surface area contributed by atoms with Crippen molar-refractivity contribution in [2.24, 2.45) is 0 Å². The first-order valence-corrected chi connectivity index (χ1v) is 7.89. The fourth-order valence-electron chi connectivity index (χ4n) is 1.83. The Morgan fingerprint density at radius 1 is 1.19 bits per heavy atom. The van der Waals surface area contributed by atoms with Crippen LogP contribution in [-0.4, -0.2) is 10.8 Å². The van der Waals surface area contributed by atoms with Crippen LogP contribution in [0.4, 0.5) is 4.39 Å². The summed E-state index contributed by atoms with van der Waals surface area (Å²) in [6.45, 7) is 0. The van der Waals surface area contributed by atoms with Gasteiger partial charge < -0.3 is 0 Å². The minimum absolute atomic E-state index is 0.0710. The molecule has 0 radical (unpaired) electrons. The van der Waals surface area contributed by atoms with Gasteiger partial charge in [-0.3, -0.25) is 9.78 Å². The van der Waals surface area contributed by atoms with E-state index in [9.17, 15) is 9.18 Å². The standard InChI is InChI=1S/C16H10FNOS2/c17-13-4-2-1-3-12(13)15-8-6-11(21-15)5-7-14(19)16-9-18-10-20-16/h1-10H/b7-5+. The van der Waals surface area contributed by atoms with E-state index in [2.05, 4.69) is 4.98 Å². The van der Waals surface area contributed by atoms with E-state index in [1.165, 1.54) is 34.8 Å². The topological polar surface area (TPSA) is 30.0 Å². The molecule has 0 fully saturated rings. The van der Waals surface area contributed by atoms with Gasteiger partial charge in [0.15, 0.2) is 5.78 Å². The Morgan fingerprint density at radius 3 is 2.81 bits per heavy atom. The van der Waals surface area contributed by atoms with Gasteiger partial charge in [0.2, 0.25) is 0 Å². The summed E-state index contributed by atoms with van der Waals surface area (Å²) in [5.74, 6) is -0.311. The maximum Gasteiger partial charge on any atom is 0.197 e. The van der Waals surface area contributed by atoms with E-state index in [4.69, 9.17) is 0 Å². The molecule has 2 heterocycles. The van der Waals surface area contributed by atoms with Gasteiger partial charge in [0, 0.05) is 21.5 Å². The van der Waals surface area contributed by atoms with E-state index >= 15 is 0 Å². The Morgan fingerprint density at radius 2 is 2.05 bits per heavy atom. The van der Waals surface area contributed by atoms with Gasteiger partial charge in [0.05, 0.1) is 10.4 Å². The number of thiophene rings is 1. The van der Waals surface area contributed by atoms with Crippen molar-refractivity contribution in [2.75, 3.05) is 0 Å². The number of allylic oxidation sites excluding steroid dienone is 1. The first-order valence-electron chi connectivity index (χ1n) is 6.19. The fraction of sp³-hybridized carbons (Fsp3) is 0. The van der Waals surface area contributed by atoms with Crippen molar-refractivity contribution < 1.29 is 9.18 Å². The number of carbonyl (C=O) groups excluding carboxylic acids is 1. The Hall–Kier alpha value is -2.11. The number of rotatable bonds is 4. The monoisotopic (exact) mass is 315 g/mol. The molecule has 0 amide bonds. The summed E-state index contributed by atoms with van der Waals surface area (Å²) in [5, 5.41) is 0. The Balaban J connectivity index is 1.80. The molecule has 0 atom stereocenters. The lowest BCUT2D eigenvalue weighted by Gasteiger charge is -1.97. The van der Waals surface area contributed by atoms with E-state index in [1.807, 2.05) is 12.1 Å². The predicted octanol–water partition coefficient (Wildman–Crippen LogP) is 4.91. The summed E-state index contributed by atoms with van der Waals surface area (Å²) < 4.78 is 13.7. The highest BCUT2D eigenvalue weighted by Gasteiger charge is 2.07. The smallest absolute Gasteiger partial charge is 0.197 e. The zero-order valence-electron chi connectivity index (χ0n) is 10.8. The summed E-state index contributed by atoms with van der Waals surface area (Å²) >= 11 is 2.76. The number of nitrogens with zero attached hydrogens (tertiary/aromatic N) is 1. The van der Waals surface area contributed by atoms with Crippen LogP contribution in [0.5, 0.6) is 0 Å². The third kappa shape index (κ3) is 3.15. The molecule has 3 rings (SSSR count). The van der Waals surface area contributed by atoms with Crippen LogP contribution >= 0.6 is 22.7 Å². The van der Waals surface area contributed by atoms with Gasteiger partial charge in [-0.1, -0.05) is 18.2 Å². The lowest BCUT2D eigenvalue weighted by atomic mass is 10.2. The Labute approximate surface area is 129 Å². The lowest BCUT2D eigenvalue weighted by Crippen LogP contribution is -1.88. The van der Waals surface area contributed by atoms with Crippen LogP contribution in [0.1, 0.15) is 14.5 Å². The van der Waals surface area contributed by atoms with Crippen LogP contribution < -0.4 is 0 Å². The normalized spacial score (nSPS) is 11.1. The van der Waals surface area contributed by atoms with Crippen molar-refractivity contribution in [1.82, 2.24) is 4.98 Å². The average molecular weight is 315 g/mol. The molecule has 0 aliphatic carbocycles. The molecule has 0 N–H and O–H groups in total. The summed E-state index contributed by atoms with van der Waals surface area (Å²) in [5.41, 5.74) is 2.21. The largest absolute Gasteiger partial charge is 0.288 e. The quantitative estimate of drug-likeness (QED) is 0.506. The summed E-state index contributed by atoms with van der Waals surface area (Å²) in [7, 11) is 0. The molecule has 0 saturated carbocycles. The molecule has 0 aliphatic rings. The van der Waals surface area contributed by atoms with Crippen molar-refractivity contribution in [2.45, 2.75) is 0 Å². The van der Waals surface area contributed by atoms with Crippen molar-refractivity contribution in [3.05, 3.63) is 69.8 Å². The molecule has 2 nitrogen and oxygen atoms in total. The number of aromatic nitrogens is 1. The molecule has 0 saturated heterocycles. The number of ketones is 1. The Bertz CT molecular complexity index is 790. The molecule has 3 aromatic rings. The van der Waals surface area contributed by atoms with E-state index in [-0.39, 0.29) is 11.6 Å². The minimum atomic E-state index is -0.240. The second-order valence-electron chi connectivity index (χ2n) is 4.25. The van der Waals surface area contributed by atoms with E-state index in [0.717, 1.165) is 9.75 Å². The highest BCUT2D eigenvalue weighted by Crippen LogP contribution is 2.30. The van der Waals surface area contributed by atoms with Crippen molar-refractivity contribution >= 4 is 34.5 Å². The summed E-state index contributed by atoms with van der Waals surface area (Å²) in [6, 6.07) is 10.4. The maximum atomic E-state index is 13.7. The van der Waals surface area contributed by atoms with Crippen LogP contribution in [0.3, 0.4) is 0 Å². The van der Waals surface area contributed by atoms with Crippen LogP contribution in [-0.2, 0) is 0 Å². The molecule has 0 unspecified atom stereocenters. The van der Waals surface area contributed by atoms with Crippen LogP contribution in [0.15, 0.2) is 54.2 Å². The van der Waals surface area contributed by atoms with E-state index in [1.54, 1.807) is 36.0 Å². The highest BCUT2D eigenvalue weighted by molar-refractivity contribution is 7.16. The number of thiazole rings is 1. The van der Waals surface area contributed by atoms with Gasteiger partial charge >= 0.3 is 0 Å². The molecule has 5 heteroatoms. The molecule has 104 valence electrons. The fourth-order valence-corrected chi connectivity index (χ4v) is 3.30. The maximum absolute atomic E-state index is 13.7. The third-order valence-corrected chi connectivity index (χ3v) is 4.71. The number of hydrogen-bond acceptors (Lipinski definition) is 4. The van der Waals surface area contributed by atoms with Gasteiger partial charge in [0.25, 0.3) is 0 Å². The number of carbonyl (C=O) groups is 1.